The van der Waals surface area contributed by atoms with E-state index >= 15 is 0 Å². The zero-order chi connectivity index (χ0) is 17.1. The summed E-state index contributed by atoms with van der Waals surface area (Å²) in [7, 11) is 0. The van der Waals surface area contributed by atoms with Crippen LogP contribution in [0.15, 0.2) is 72.1 Å². The molecule has 1 fully saturated rings. The van der Waals surface area contributed by atoms with E-state index in [0.717, 1.165) is 21.6 Å². The predicted octanol–water partition coefficient (Wildman–Crippen LogP) is 4.63. The number of morpholine rings is 1. The van der Waals surface area contributed by atoms with Gasteiger partial charge in [0.2, 0.25) is 0 Å². The summed E-state index contributed by atoms with van der Waals surface area (Å²) in [4.78, 5) is 15.8. The lowest BCUT2D eigenvalue weighted by atomic mass is 10.1. The molecule has 2 aromatic carbocycles. The van der Waals surface area contributed by atoms with Gasteiger partial charge in [0.05, 0.1) is 18.0 Å². The van der Waals surface area contributed by atoms with Crippen LogP contribution in [0.1, 0.15) is 21.3 Å². The molecule has 3 nitrogen and oxygen atoms in total. The molecule has 1 aliphatic heterocycles. The van der Waals surface area contributed by atoms with Gasteiger partial charge in [0, 0.05) is 12.1 Å². The Morgan fingerprint density at radius 3 is 2.48 bits per heavy atom. The molecule has 0 radical (unpaired) electrons. The number of carbonyl (C=O) groups excluding carboxylic acids is 1. The Kier molecular flexibility index (Phi) is 4.63. The van der Waals surface area contributed by atoms with E-state index in [1.807, 2.05) is 64.9 Å². The fourth-order valence-electron chi connectivity index (χ4n) is 3.17. The largest absolute Gasteiger partial charge is 0.370 e. The second-order valence-corrected chi connectivity index (χ2v) is 6.97. The van der Waals surface area contributed by atoms with Gasteiger partial charge < -0.3 is 9.64 Å². The number of benzene rings is 2. The maximum atomic E-state index is 13.1. The summed E-state index contributed by atoms with van der Waals surface area (Å²) in [5, 5.41) is 1.99. The lowest BCUT2D eigenvalue weighted by molar-refractivity contribution is -0.0226. The molecular formula is C21H19NO2S. The van der Waals surface area contributed by atoms with E-state index in [9.17, 15) is 4.79 Å². The molecule has 0 saturated carbocycles. The molecule has 4 heteroatoms. The number of rotatable bonds is 3. The van der Waals surface area contributed by atoms with Gasteiger partial charge in [-0.2, -0.15) is 0 Å². The molecule has 0 spiro atoms. The monoisotopic (exact) mass is 349 g/mol. The third-order valence-corrected chi connectivity index (χ3v) is 5.37. The van der Waals surface area contributed by atoms with Crippen LogP contribution in [0.5, 0.6) is 0 Å². The molecule has 25 heavy (non-hydrogen) atoms. The summed E-state index contributed by atoms with van der Waals surface area (Å²) in [6.07, 6.45) is -0.0564. The molecule has 1 unspecified atom stereocenters. The van der Waals surface area contributed by atoms with Crippen molar-refractivity contribution in [1.29, 1.82) is 0 Å². The van der Waals surface area contributed by atoms with Gasteiger partial charge in [-0.05, 0) is 22.6 Å². The minimum atomic E-state index is -0.0564. The topological polar surface area (TPSA) is 29.5 Å². The van der Waals surface area contributed by atoms with Crippen molar-refractivity contribution < 1.29 is 9.53 Å². The lowest BCUT2D eigenvalue weighted by Crippen LogP contribution is -2.42. The Morgan fingerprint density at radius 1 is 1.00 bits per heavy atom. The predicted molar refractivity (Wildman–Crippen MR) is 101 cm³/mol. The van der Waals surface area contributed by atoms with Gasteiger partial charge in [-0.25, -0.2) is 0 Å². The zero-order valence-corrected chi connectivity index (χ0v) is 14.6. The van der Waals surface area contributed by atoms with E-state index < -0.39 is 0 Å². The Balaban J connectivity index is 1.57. The Bertz CT molecular complexity index is 845. The molecule has 1 aliphatic rings. The van der Waals surface area contributed by atoms with Crippen LogP contribution in [0.2, 0.25) is 0 Å². The van der Waals surface area contributed by atoms with Crippen LogP contribution in [0.3, 0.4) is 0 Å². The SMILES string of the molecule is O=C(c1sccc1-c1ccccc1)N1CCOC(c2ccccc2)C1. The summed E-state index contributed by atoms with van der Waals surface area (Å²) >= 11 is 1.51. The Morgan fingerprint density at radius 2 is 1.72 bits per heavy atom. The molecule has 3 aromatic rings. The number of hydrogen-bond donors (Lipinski definition) is 0. The first kappa shape index (κ1) is 16.1. The summed E-state index contributed by atoms with van der Waals surface area (Å²) in [6.45, 7) is 1.79. The molecule has 1 saturated heterocycles. The molecule has 0 bridgehead atoms. The average Bonchev–Trinajstić information content (AvgIpc) is 3.19. The first-order valence-electron chi connectivity index (χ1n) is 8.41. The van der Waals surface area contributed by atoms with Crippen molar-refractivity contribution in [1.82, 2.24) is 4.90 Å². The molecular weight excluding hydrogens is 330 g/mol. The molecule has 1 amide bonds. The summed E-state index contributed by atoms with van der Waals surface area (Å²) in [6, 6.07) is 22.2. The highest BCUT2D eigenvalue weighted by Gasteiger charge is 2.28. The standard InChI is InChI=1S/C21H19NO2S/c23-21(20-18(11-14-25-20)16-7-3-1-4-8-16)22-12-13-24-19(15-22)17-9-5-2-6-10-17/h1-11,14,19H,12-13,15H2. The highest BCUT2D eigenvalue weighted by Crippen LogP contribution is 2.31. The fourth-order valence-corrected chi connectivity index (χ4v) is 4.05. The minimum Gasteiger partial charge on any atom is -0.370 e. The van der Waals surface area contributed by atoms with Crippen LogP contribution in [-0.2, 0) is 4.74 Å². The van der Waals surface area contributed by atoms with Crippen LogP contribution in [0, 0.1) is 0 Å². The maximum absolute atomic E-state index is 13.1. The van der Waals surface area contributed by atoms with Gasteiger partial charge in [-0.15, -0.1) is 11.3 Å². The van der Waals surface area contributed by atoms with Crippen LogP contribution in [0.25, 0.3) is 11.1 Å². The molecule has 0 aliphatic carbocycles. The lowest BCUT2D eigenvalue weighted by Gasteiger charge is -2.33. The summed E-state index contributed by atoms with van der Waals surface area (Å²) in [5.74, 6) is 0.0954. The number of nitrogens with zero attached hydrogens (tertiary/aromatic N) is 1. The van der Waals surface area contributed by atoms with Gasteiger partial charge >= 0.3 is 0 Å². The van der Waals surface area contributed by atoms with E-state index in [1.54, 1.807) is 0 Å². The van der Waals surface area contributed by atoms with Crippen LogP contribution < -0.4 is 0 Å². The highest BCUT2D eigenvalue weighted by molar-refractivity contribution is 7.12. The van der Waals surface area contributed by atoms with E-state index in [-0.39, 0.29) is 12.0 Å². The summed E-state index contributed by atoms with van der Waals surface area (Å²) < 4.78 is 5.89. The third kappa shape index (κ3) is 3.36. The van der Waals surface area contributed by atoms with Gasteiger partial charge in [0.1, 0.15) is 6.10 Å². The van der Waals surface area contributed by atoms with Crippen molar-refractivity contribution in [3.8, 4) is 11.1 Å². The van der Waals surface area contributed by atoms with Crippen LogP contribution in [0.4, 0.5) is 0 Å². The van der Waals surface area contributed by atoms with Gasteiger partial charge in [-0.3, -0.25) is 4.79 Å². The van der Waals surface area contributed by atoms with E-state index in [0.29, 0.717) is 19.7 Å². The zero-order valence-electron chi connectivity index (χ0n) is 13.8. The molecule has 0 N–H and O–H groups in total. The van der Waals surface area contributed by atoms with Gasteiger partial charge in [-0.1, -0.05) is 60.7 Å². The van der Waals surface area contributed by atoms with Crippen LogP contribution >= 0.6 is 11.3 Å². The van der Waals surface area contributed by atoms with E-state index in [1.165, 1.54) is 11.3 Å². The van der Waals surface area contributed by atoms with Crippen molar-refractivity contribution in [2.24, 2.45) is 0 Å². The normalized spacial score (nSPS) is 17.4. The van der Waals surface area contributed by atoms with Crippen molar-refractivity contribution in [3.05, 3.63) is 82.6 Å². The number of carbonyl (C=O) groups is 1. The quantitative estimate of drug-likeness (QED) is 0.690. The molecule has 1 atom stereocenters. The Hall–Kier alpha value is -2.43. The van der Waals surface area contributed by atoms with Crippen molar-refractivity contribution >= 4 is 17.2 Å². The van der Waals surface area contributed by atoms with Gasteiger partial charge in [0.25, 0.3) is 5.91 Å². The second kappa shape index (κ2) is 7.21. The number of ether oxygens (including phenoxy) is 1. The first-order valence-corrected chi connectivity index (χ1v) is 9.29. The van der Waals surface area contributed by atoms with Crippen molar-refractivity contribution in [2.75, 3.05) is 19.7 Å². The molecule has 2 heterocycles. The minimum absolute atomic E-state index is 0.0564. The Labute approximate surface area is 151 Å². The molecule has 126 valence electrons. The van der Waals surface area contributed by atoms with Gasteiger partial charge in [0.15, 0.2) is 0 Å². The number of amides is 1. The summed E-state index contributed by atoms with van der Waals surface area (Å²) in [5.41, 5.74) is 3.22. The number of hydrogen-bond acceptors (Lipinski definition) is 3. The average molecular weight is 349 g/mol. The third-order valence-electron chi connectivity index (χ3n) is 4.47. The maximum Gasteiger partial charge on any atom is 0.264 e. The number of thiophene rings is 1. The fraction of sp³-hybridized carbons (Fsp3) is 0.190. The molecule has 4 rings (SSSR count). The first-order chi connectivity index (χ1) is 12.3. The second-order valence-electron chi connectivity index (χ2n) is 6.05. The van der Waals surface area contributed by atoms with Crippen molar-refractivity contribution in [3.63, 3.8) is 0 Å². The smallest absolute Gasteiger partial charge is 0.264 e. The van der Waals surface area contributed by atoms with Crippen LogP contribution in [-0.4, -0.2) is 30.5 Å². The van der Waals surface area contributed by atoms with Crippen molar-refractivity contribution in [2.45, 2.75) is 6.10 Å². The van der Waals surface area contributed by atoms with E-state index in [4.69, 9.17) is 4.74 Å². The van der Waals surface area contributed by atoms with E-state index in [2.05, 4.69) is 12.1 Å². The molecule has 1 aromatic heterocycles. The highest BCUT2D eigenvalue weighted by atomic mass is 32.1.